The molecule has 1 N–H and O–H groups in total. The van der Waals surface area contributed by atoms with Crippen molar-refractivity contribution in [2.75, 3.05) is 18.0 Å². The van der Waals surface area contributed by atoms with Gasteiger partial charge in [0.25, 0.3) is 0 Å². The van der Waals surface area contributed by atoms with Gasteiger partial charge in [0.05, 0.1) is 5.69 Å². The molecule has 2 rings (SSSR count). The van der Waals surface area contributed by atoms with E-state index in [1.54, 1.807) is 6.07 Å². The molecule has 0 spiro atoms. The summed E-state index contributed by atoms with van der Waals surface area (Å²) >= 11 is 0. The van der Waals surface area contributed by atoms with Crippen molar-refractivity contribution in [3.05, 3.63) is 29.6 Å². The van der Waals surface area contributed by atoms with Crippen LogP contribution in [0.2, 0.25) is 0 Å². The van der Waals surface area contributed by atoms with E-state index >= 15 is 0 Å². The summed E-state index contributed by atoms with van der Waals surface area (Å²) in [5.74, 6) is 1.06. The maximum Gasteiger partial charge on any atom is 0.146 e. The Kier molecular flexibility index (Phi) is 5.26. The molecular weight excluding hydrogens is 263 g/mol. The summed E-state index contributed by atoms with van der Waals surface area (Å²) in [7, 11) is 0. The lowest BCUT2D eigenvalue weighted by Crippen LogP contribution is -2.59. The summed E-state index contributed by atoms with van der Waals surface area (Å²) in [5, 5.41) is 3.65. The van der Waals surface area contributed by atoms with Crippen LogP contribution in [0, 0.1) is 24.6 Å². The standard InChI is InChI=1S/C18H29FN2/c1-12(2)8-15-11-21(18(10-20-15)13(3)4)17-7-6-14(5)9-16(17)19/h6-7,9,12-13,15,18,20H,8,10-11H2,1-5H3. The Balaban J connectivity index is 2.25. The van der Waals surface area contributed by atoms with Crippen molar-refractivity contribution in [3.8, 4) is 0 Å². The van der Waals surface area contributed by atoms with Crippen LogP contribution in [-0.4, -0.2) is 25.2 Å². The van der Waals surface area contributed by atoms with Crippen LogP contribution in [0.3, 0.4) is 0 Å². The molecule has 0 aliphatic carbocycles. The van der Waals surface area contributed by atoms with Gasteiger partial charge in [0.1, 0.15) is 5.82 Å². The van der Waals surface area contributed by atoms with Crippen LogP contribution < -0.4 is 10.2 Å². The lowest BCUT2D eigenvalue weighted by molar-refractivity contribution is 0.308. The van der Waals surface area contributed by atoms with Crippen LogP contribution >= 0.6 is 0 Å². The Labute approximate surface area is 128 Å². The van der Waals surface area contributed by atoms with Crippen molar-refractivity contribution in [1.29, 1.82) is 0 Å². The number of benzene rings is 1. The van der Waals surface area contributed by atoms with Crippen molar-refractivity contribution in [2.24, 2.45) is 11.8 Å². The minimum absolute atomic E-state index is 0.0918. The first-order valence-corrected chi connectivity index (χ1v) is 8.14. The topological polar surface area (TPSA) is 15.3 Å². The molecule has 3 heteroatoms. The van der Waals surface area contributed by atoms with Gasteiger partial charge in [0.2, 0.25) is 0 Å². The second kappa shape index (κ2) is 6.78. The van der Waals surface area contributed by atoms with Gasteiger partial charge in [-0.05, 0) is 42.9 Å². The van der Waals surface area contributed by atoms with E-state index in [0.29, 0.717) is 23.9 Å². The van der Waals surface area contributed by atoms with E-state index in [9.17, 15) is 4.39 Å². The first-order valence-electron chi connectivity index (χ1n) is 8.14. The lowest BCUT2D eigenvalue weighted by Gasteiger charge is -2.44. The molecule has 1 aromatic rings. The maximum atomic E-state index is 14.4. The molecule has 1 aliphatic rings. The van der Waals surface area contributed by atoms with E-state index in [1.165, 1.54) is 0 Å². The van der Waals surface area contributed by atoms with Crippen molar-refractivity contribution in [3.63, 3.8) is 0 Å². The van der Waals surface area contributed by atoms with E-state index in [1.807, 2.05) is 19.1 Å². The number of nitrogens with zero attached hydrogens (tertiary/aromatic N) is 1. The monoisotopic (exact) mass is 292 g/mol. The number of rotatable bonds is 4. The van der Waals surface area contributed by atoms with E-state index in [2.05, 4.69) is 37.9 Å². The molecule has 1 aliphatic heterocycles. The van der Waals surface area contributed by atoms with Gasteiger partial charge < -0.3 is 10.2 Å². The molecule has 0 saturated carbocycles. The van der Waals surface area contributed by atoms with E-state index in [4.69, 9.17) is 0 Å². The molecule has 2 unspecified atom stereocenters. The molecule has 0 bridgehead atoms. The molecule has 1 saturated heterocycles. The number of aryl methyl sites for hydroxylation is 1. The summed E-state index contributed by atoms with van der Waals surface area (Å²) in [6, 6.07) is 6.39. The largest absolute Gasteiger partial charge is 0.363 e. The van der Waals surface area contributed by atoms with Crippen LogP contribution in [0.4, 0.5) is 10.1 Å². The Bertz CT molecular complexity index is 470. The fourth-order valence-electron chi connectivity index (χ4n) is 3.28. The van der Waals surface area contributed by atoms with E-state index in [0.717, 1.165) is 30.8 Å². The smallest absolute Gasteiger partial charge is 0.146 e. The van der Waals surface area contributed by atoms with Crippen LogP contribution in [0.15, 0.2) is 18.2 Å². The Hall–Kier alpha value is -1.09. The first kappa shape index (κ1) is 16.3. The minimum Gasteiger partial charge on any atom is -0.363 e. The predicted octanol–water partition coefficient (Wildman–Crippen LogP) is 3.98. The molecule has 1 aromatic carbocycles. The molecule has 0 radical (unpaired) electrons. The summed E-state index contributed by atoms with van der Waals surface area (Å²) in [6.45, 7) is 12.7. The average molecular weight is 292 g/mol. The van der Waals surface area contributed by atoms with E-state index in [-0.39, 0.29) is 5.82 Å². The third kappa shape index (κ3) is 3.97. The fourth-order valence-corrected chi connectivity index (χ4v) is 3.28. The van der Waals surface area contributed by atoms with Gasteiger partial charge in [-0.2, -0.15) is 0 Å². The number of hydrogen-bond acceptors (Lipinski definition) is 2. The second-order valence-electron chi connectivity index (χ2n) is 7.15. The summed E-state index contributed by atoms with van der Waals surface area (Å²) in [4.78, 5) is 2.28. The van der Waals surface area contributed by atoms with Crippen LogP contribution in [0.1, 0.15) is 39.7 Å². The van der Waals surface area contributed by atoms with Crippen LogP contribution in [0.25, 0.3) is 0 Å². The van der Waals surface area contributed by atoms with Crippen molar-refractivity contribution < 1.29 is 4.39 Å². The number of halogens is 1. The van der Waals surface area contributed by atoms with Gasteiger partial charge >= 0.3 is 0 Å². The highest BCUT2D eigenvalue weighted by Crippen LogP contribution is 2.28. The Morgan fingerprint density at radius 1 is 1.29 bits per heavy atom. The quantitative estimate of drug-likeness (QED) is 0.903. The lowest BCUT2D eigenvalue weighted by atomic mass is 9.94. The SMILES string of the molecule is Cc1ccc(N2CC(CC(C)C)NCC2C(C)C)c(F)c1. The highest BCUT2D eigenvalue weighted by molar-refractivity contribution is 5.51. The molecule has 1 fully saturated rings. The zero-order valence-corrected chi connectivity index (χ0v) is 14.0. The first-order chi connectivity index (χ1) is 9.88. The second-order valence-corrected chi connectivity index (χ2v) is 7.15. The van der Waals surface area contributed by atoms with Crippen LogP contribution in [0.5, 0.6) is 0 Å². The predicted molar refractivity (Wildman–Crippen MR) is 88.4 cm³/mol. The summed E-state index contributed by atoms with van der Waals surface area (Å²) < 4.78 is 14.4. The zero-order valence-electron chi connectivity index (χ0n) is 14.0. The van der Waals surface area contributed by atoms with Crippen LogP contribution in [-0.2, 0) is 0 Å². The molecule has 21 heavy (non-hydrogen) atoms. The highest BCUT2D eigenvalue weighted by atomic mass is 19.1. The van der Waals surface area contributed by atoms with Gasteiger partial charge in [-0.15, -0.1) is 0 Å². The van der Waals surface area contributed by atoms with Gasteiger partial charge in [-0.25, -0.2) is 4.39 Å². The van der Waals surface area contributed by atoms with Crippen molar-refractivity contribution >= 4 is 5.69 Å². The number of nitrogens with one attached hydrogen (secondary N) is 1. The molecule has 0 aromatic heterocycles. The third-order valence-electron chi connectivity index (χ3n) is 4.37. The Morgan fingerprint density at radius 2 is 2.00 bits per heavy atom. The van der Waals surface area contributed by atoms with Gasteiger partial charge in [-0.1, -0.05) is 33.8 Å². The molecule has 2 atom stereocenters. The third-order valence-corrected chi connectivity index (χ3v) is 4.37. The Morgan fingerprint density at radius 3 is 2.57 bits per heavy atom. The van der Waals surface area contributed by atoms with E-state index < -0.39 is 0 Å². The number of anilines is 1. The molecule has 1 heterocycles. The molecular formula is C18H29FN2. The minimum atomic E-state index is -0.0918. The maximum absolute atomic E-state index is 14.4. The highest BCUT2D eigenvalue weighted by Gasteiger charge is 2.31. The van der Waals surface area contributed by atoms with Gasteiger partial charge in [0.15, 0.2) is 0 Å². The number of piperazine rings is 1. The average Bonchev–Trinajstić information content (AvgIpc) is 2.37. The zero-order chi connectivity index (χ0) is 15.6. The van der Waals surface area contributed by atoms with Gasteiger partial charge in [0, 0.05) is 25.2 Å². The fraction of sp³-hybridized carbons (Fsp3) is 0.667. The normalized spacial score (nSPS) is 23.1. The van der Waals surface area contributed by atoms with Crippen molar-refractivity contribution in [2.45, 2.75) is 53.1 Å². The summed E-state index contributed by atoms with van der Waals surface area (Å²) in [5.41, 5.74) is 1.74. The molecule has 2 nitrogen and oxygen atoms in total. The molecule has 118 valence electrons. The summed E-state index contributed by atoms with van der Waals surface area (Å²) in [6.07, 6.45) is 1.13. The van der Waals surface area contributed by atoms with Crippen molar-refractivity contribution in [1.82, 2.24) is 5.32 Å². The van der Waals surface area contributed by atoms with Gasteiger partial charge in [-0.3, -0.25) is 0 Å². The molecule has 0 amide bonds. The number of hydrogen-bond donors (Lipinski definition) is 1.